The fourth-order valence-corrected chi connectivity index (χ4v) is 4.41. The molecular weight excluding hydrogens is 432 g/mol. The van der Waals surface area contributed by atoms with Crippen molar-refractivity contribution < 1.29 is 14.6 Å². The van der Waals surface area contributed by atoms with Gasteiger partial charge in [0, 0.05) is 49.2 Å². The van der Waals surface area contributed by atoms with Crippen molar-refractivity contribution in [1.29, 1.82) is 0 Å². The number of methoxy groups -OCH3 is 2. The Hall–Kier alpha value is -3.85. The molecule has 5 rings (SSSR count). The average molecular weight is 461 g/mol. The number of fused-ring (bicyclic) bond motifs is 3. The lowest BCUT2D eigenvalue weighted by Gasteiger charge is -2.41. The molecular formula is C25H28N6O3. The van der Waals surface area contributed by atoms with Crippen LogP contribution in [0.3, 0.4) is 0 Å². The van der Waals surface area contributed by atoms with Gasteiger partial charge in [-0.2, -0.15) is 0 Å². The maximum atomic E-state index is 9.39. The number of aliphatic hydroxyl groups excluding tert-OH is 1. The number of aliphatic hydroxyl groups is 1. The quantitative estimate of drug-likeness (QED) is 0.466. The second-order valence-corrected chi connectivity index (χ2v) is 8.47. The highest BCUT2D eigenvalue weighted by atomic mass is 16.5. The standard InChI is InChI=1S/C25H28N6O3/c1-16(2)30-7-8-31(18-9-19(33-3)11-20(10-18)34-4)22-6-5-21-24(25(22)30)28-23(12-26-21)29-13-17(14-32)27-15-29/h5-6,9-13,15-16,32H,7-8,14H2,1-4H3. The second kappa shape index (κ2) is 8.83. The summed E-state index contributed by atoms with van der Waals surface area (Å²) >= 11 is 0. The van der Waals surface area contributed by atoms with Crippen molar-refractivity contribution >= 4 is 28.1 Å². The molecule has 1 aliphatic rings. The summed E-state index contributed by atoms with van der Waals surface area (Å²) in [6.07, 6.45) is 5.14. The lowest BCUT2D eigenvalue weighted by Crippen LogP contribution is -2.42. The van der Waals surface area contributed by atoms with E-state index in [-0.39, 0.29) is 12.6 Å². The van der Waals surface area contributed by atoms with Gasteiger partial charge in [0.2, 0.25) is 0 Å². The predicted molar refractivity (Wildman–Crippen MR) is 132 cm³/mol. The van der Waals surface area contributed by atoms with E-state index in [1.165, 1.54) is 0 Å². The molecule has 1 N–H and O–H groups in total. The first-order valence-corrected chi connectivity index (χ1v) is 11.2. The van der Waals surface area contributed by atoms with E-state index in [0.29, 0.717) is 11.5 Å². The van der Waals surface area contributed by atoms with Gasteiger partial charge in [-0.1, -0.05) is 0 Å². The van der Waals surface area contributed by atoms with Gasteiger partial charge in [0.05, 0.1) is 49.6 Å². The summed E-state index contributed by atoms with van der Waals surface area (Å²) in [6, 6.07) is 10.3. The van der Waals surface area contributed by atoms with Crippen molar-refractivity contribution in [2.45, 2.75) is 26.5 Å². The molecule has 4 aromatic rings. The molecule has 0 saturated heterocycles. The average Bonchev–Trinajstić information content (AvgIpc) is 3.36. The van der Waals surface area contributed by atoms with Crippen LogP contribution in [0.1, 0.15) is 19.5 Å². The van der Waals surface area contributed by atoms with Gasteiger partial charge in [0.25, 0.3) is 0 Å². The lowest BCUT2D eigenvalue weighted by atomic mass is 10.1. The van der Waals surface area contributed by atoms with E-state index in [4.69, 9.17) is 14.5 Å². The van der Waals surface area contributed by atoms with E-state index in [1.807, 2.05) is 24.3 Å². The smallest absolute Gasteiger partial charge is 0.157 e. The molecule has 0 amide bonds. The van der Waals surface area contributed by atoms with Gasteiger partial charge < -0.3 is 24.4 Å². The molecule has 2 aromatic carbocycles. The first-order valence-electron chi connectivity index (χ1n) is 11.2. The van der Waals surface area contributed by atoms with Crippen LogP contribution in [0.25, 0.3) is 16.9 Å². The van der Waals surface area contributed by atoms with Gasteiger partial charge in [-0.25, -0.2) is 9.97 Å². The number of imidazole rings is 1. The maximum Gasteiger partial charge on any atom is 0.157 e. The summed E-state index contributed by atoms with van der Waals surface area (Å²) in [6.45, 7) is 5.89. The summed E-state index contributed by atoms with van der Waals surface area (Å²) in [5.74, 6) is 2.13. The summed E-state index contributed by atoms with van der Waals surface area (Å²) in [5, 5.41) is 9.39. The van der Waals surface area contributed by atoms with Crippen LogP contribution in [0, 0.1) is 0 Å². The highest BCUT2D eigenvalue weighted by Crippen LogP contribution is 2.44. The van der Waals surface area contributed by atoms with Crippen LogP contribution in [0.5, 0.6) is 11.5 Å². The van der Waals surface area contributed by atoms with Crippen LogP contribution >= 0.6 is 0 Å². The van der Waals surface area contributed by atoms with Gasteiger partial charge in [-0.05, 0) is 26.0 Å². The molecule has 0 radical (unpaired) electrons. The van der Waals surface area contributed by atoms with E-state index >= 15 is 0 Å². The Balaban J connectivity index is 1.70. The van der Waals surface area contributed by atoms with Crippen LogP contribution in [-0.2, 0) is 6.61 Å². The first-order chi connectivity index (χ1) is 16.5. The number of rotatable bonds is 6. The molecule has 2 aromatic heterocycles. The number of anilines is 3. The molecule has 0 unspecified atom stereocenters. The van der Waals surface area contributed by atoms with Gasteiger partial charge in [-0.3, -0.25) is 9.55 Å². The highest BCUT2D eigenvalue weighted by Gasteiger charge is 2.29. The van der Waals surface area contributed by atoms with Crippen LogP contribution in [0.2, 0.25) is 0 Å². The summed E-state index contributed by atoms with van der Waals surface area (Å²) in [7, 11) is 3.32. The zero-order valence-electron chi connectivity index (χ0n) is 19.8. The topological polar surface area (TPSA) is 88.8 Å². The Morgan fingerprint density at radius 2 is 1.79 bits per heavy atom. The van der Waals surface area contributed by atoms with Crippen LogP contribution in [0.15, 0.2) is 49.1 Å². The van der Waals surface area contributed by atoms with Crippen LogP contribution in [-0.4, -0.2) is 58.0 Å². The van der Waals surface area contributed by atoms with E-state index < -0.39 is 0 Å². The molecule has 0 bridgehead atoms. The van der Waals surface area contributed by atoms with Crippen molar-refractivity contribution in [1.82, 2.24) is 19.5 Å². The third-order valence-corrected chi connectivity index (χ3v) is 6.13. The lowest BCUT2D eigenvalue weighted by molar-refractivity contribution is 0.277. The Morgan fingerprint density at radius 3 is 2.44 bits per heavy atom. The fraction of sp³-hybridized carbons (Fsp3) is 0.320. The van der Waals surface area contributed by atoms with E-state index in [0.717, 1.165) is 52.7 Å². The van der Waals surface area contributed by atoms with Gasteiger partial charge in [0.15, 0.2) is 5.82 Å². The number of ether oxygens (including phenoxy) is 2. The van der Waals surface area contributed by atoms with E-state index in [9.17, 15) is 5.11 Å². The summed E-state index contributed by atoms with van der Waals surface area (Å²) in [5.41, 5.74) is 5.31. The van der Waals surface area contributed by atoms with Crippen LogP contribution < -0.4 is 19.3 Å². The first kappa shape index (κ1) is 22.0. The number of aromatic nitrogens is 4. The minimum Gasteiger partial charge on any atom is -0.497 e. The Kier molecular flexibility index (Phi) is 5.70. The van der Waals surface area contributed by atoms with Crippen LogP contribution in [0.4, 0.5) is 17.1 Å². The molecule has 3 heterocycles. The van der Waals surface area contributed by atoms with E-state index in [2.05, 4.69) is 39.7 Å². The molecule has 34 heavy (non-hydrogen) atoms. The number of hydrogen-bond donors (Lipinski definition) is 1. The second-order valence-electron chi connectivity index (χ2n) is 8.47. The normalized spacial score (nSPS) is 13.5. The third kappa shape index (κ3) is 3.77. The molecule has 176 valence electrons. The predicted octanol–water partition coefficient (Wildman–Crippen LogP) is 3.69. The van der Waals surface area contributed by atoms with Crippen molar-refractivity contribution in [2.24, 2.45) is 0 Å². The van der Waals surface area contributed by atoms with E-state index in [1.54, 1.807) is 37.5 Å². The third-order valence-electron chi connectivity index (χ3n) is 6.13. The maximum absolute atomic E-state index is 9.39. The van der Waals surface area contributed by atoms with Crippen molar-refractivity contribution in [2.75, 3.05) is 37.1 Å². The fourth-order valence-electron chi connectivity index (χ4n) is 4.41. The minimum absolute atomic E-state index is 0.122. The molecule has 9 nitrogen and oxygen atoms in total. The number of hydrogen-bond acceptors (Lipinski definition) is 8. The molecule has 1 aliphatic heterocycles. The Morgan fingerprint density at radius 1 is 1.03 bits per heavy atom. The zero-order valence-corrected chi connectivity index (χ0v) is 19.8. The Bertz CT molecular complexity index is 1310. The summed E-state index contributed by atoms with van der Waals surface area (Å²) in [4.78, 5) is 18.5. The van der Waals surface area contributed by atoms with Gasteiger partial charge in [0.1, 0.15) is 23.3 Å². The molecule has 0 atom stereocenters. The molecule has 9 heteroatoms. The van der Waals surface area contributed by atoms with Crippen molar-refractivity contribution in [3.8, 4) is 17.3 Å². The summed E-state index contributed by atoms with van der Waals surface area (Å²) < 4.78 is 12.8. The van der Waals surface area contributed by atoms with Gasteiger partial charge >= 0.3 is 0 Å². The monoisotopic (exact) mass is 460 g/mol. The largest absolute Gasteiger partial charge is 0.497 e. The Labute approximate surface area is 198 Å². The van der Waals surface area contributed by atoms with Gasteiger partial charge in [-0.15, -0.1) is 0 Å². The number of nitrogens with zero attached hydrogens (tertiary/aromatic N) is 6. The van der Waals surface area contributed by atoms with Crippen molar-refractivity contribution in [3.63, 3.8) is 0 Å². The minimum atomic E-state index is -0.122. The zero-order chi connectivity index (χ0) is 23.8. The SMILES string of the molecule is COc1cc(OC)cc(N2CCN(C(C)C)c3c2ccc2ncc(-n4cnc(CO)c4)nc32)c1. The highest BCUT2D eigenvalue weighted by molar-refractivity contribution is 5.99. The molecule has 0 aliphatic carbocycles. The molecule has 0 saturated carbocycles. The van der Waals surface area contributed by atoms with Crippen molar-refractivity contribution in [3.05, 3.63) is 54.7 Å². The number of benzene rings is 2. The molecule has 0 fully saturated rings. The molecule has 0 spiro atoms.